The first-order valence-electron chi connectivity index (χ1n) is 4.34. The Morgan fingerprint density at radius 2 is 2.14 bits per heavy atom. The third-order valence-corrected chi connectivity index (χ3v) is 1.89. The van der Waals surface area contributed by atoms with Gasteiger partial charge in [-0.05, 0) is 0 Å². The van der Waals surface area contributed by atoms with Crippen molar-refractivity contribution in [3.63, 3.8) is 0 Å². The molecule has 0 aliphatic carbocycles. The molecule has 0 aliphatic rings. The second-order valence-corrected chi connectivity index (χ2v) is 3.43. The highest BCUT2D eigenvalue weighted by atomic mass is 32.1. The van der Waals surface area contributed by atoms with E-state index < -0.39 is 6.43 Å². The van der Waals surface area contributed by atoms with E-state index in [2.05, 4.69) is 12.2 Å². The van der Waals surface area contributed by atoms with Crippen molar-refractivity contribution in [2.24, 2.45) is 5.73 Å². The quantitative estimate of drug-likeness (QED) is 0.623. The molecule has 0 amide bonds. The van der Waals surface area contributed by atoms with Gasteiger partial charge in [0.25, 0.3) is 6.43 Å². The number of thiocarbonyl (C=S) groups is 1. The molecule has 0 rings (SSSR count). The molecule has 0 unspecified atom stereocenters. The Morgan fingerprint density at radius 3 is 2.57 bits per heavy atom. The van der Waals surface area contributed by atoms with Crippen LogP contribution in [0.25, 0.3) is 0 Å². The summed E-state index contributed by atoms with van der Waals surface area (Å²) in [5.41, 5.74) is 5.29. The number of nitrogens with zero attached hydrogens (tertiary/aromatic N) is 1. The summed E-state index contributed by atoms with van der Waals surface area (Å²) in [4.78, 5) is 1.94. The first kappa shape index (κ1) is 13.7. The highest BCUT2D eigenvalue weighted by Gasteiger charge is 2.11. The van der Waals surface area contributed by atoms with Gasteiger partial charge in [-0.15, -0.1) is 0 Å². The van der Waals surface area contributed by atoms with E-state index in [1.807, 2.05) is 0 Å². The van der Waals surface area contributed by atoms with E-state index in [0.717, 1.165) is 0 Å². The molecule has 0 radical (unpaired) electrons. The number of methoxy groups -OCH3 is 1. The minimum atomic E-state index is -2.33. The molecule has 0 fully saturated rings. The third-order valence-electron chi connectivity index (χ3n) is 1.68. The summed E-state index contributed by atoms with van der Waals surface area (Å²) < 4.78 is 29.0. The SMILES string of the molecule is COCCN(CCC(N)=S)CC(F)F. The van der Waals surface area contributed by atoms with Crippen LogP contribution in [0.3, 0.4) is 0 Å². The predicted molar refractivity (Wildman–Crippen MR) is 55.7 cm³/mol. The van der Waals surface area contributed by atoms with E-state index in [9.17, 15) is 8.78 Å². The van der Waals surface area contributed by atoms with E-state index in [-0.39, 0.29) is 6.54 Å². The van der Waals surface area contributed by atoms with Crippen molar-refractivity contribution in [2.45, 2.75) is 12.8 Å². The monoisotopic (exact) mass is 226 g/mol. The number of hydrogen-bond acceptors (Lipinski definition) is 3. The van der Waals surface area contributed by atoms with Crippen LogP contribution in [0, 0.1) is 0 Å². The van der Waals surface area contributed by atoms with E-state index in [4.69, 9.17) is 10.5 Å². The Balaban J connectivity index is 3.77. The lowest BCUT2D eigenvalue weighted by Crippen LogP contribution is -2.34. The molecule has 0 aromatic carbocycles. The fourth-order valence-corrected chi connectivity index (χ4v) is 1.07. The summed E-state index contributed by atoms with van der Waals surface area (Å²) >= 11 is 4.67. The van der Waals surface area contributed by atoms with Crippen molar-refractivity contribution >= 4 is 17.2 Å². The molecule has 0 aromatic heterocycles. The smallest absolute Gasteiger partial charge is 0.251 e. The summed E-state index contributed by atoms with van der Waals surface area (Å²) in [7, 11) is 1.54. The summed E-state index contributed by atoms with van der Waals surface area (Å²) in [6.07, 6.45) is -1.87. The molecule has 14 heavy (non-hydrogen) atoms. The van der Waals surface area contributed by atoms with Gasteiger partial charge in [-0.2, -0.15) is 0 Å². The molecule has 2 N–H and O–H groups in total. The number of ether oxygens (including phenoxy) is 1. The van der Waals surface area contributed by atoms with E-state index in [1.54, 1.807) is 4.90 Å². The maximum Gasteiger partial charge on any atom is 0.251 e. The van der Waals surface area contributed by atoms with Gasteiger partial charge in [0.15, 0.2) is 0 Å². The molecule has 0 spiro atoms. The Labute approximate surface area is 88.2 Å². The number of halogens is 2. The van der Waals surface area contributed by atoms with Crippen LogP contribution >= 0.6 is 12.2 Å². The molecule has 0 atom stereocenters. The van der Waals surface area contributed by atoms with Gasteiger partial charge in [0.1, 0.15) is 0 Å². The van der Waals surface area contributed by atoms with Crippen molar-refractivity contribution in [3.8, 4) is 0 Å². The van der Waals surface area contributed by atoms with E-state index >= 15 is 0 Å². The minimum absolute atomic E-state index is 0.258. The van der Waals surface area contributed by atoms with Crippen LogP contribution in [0.2, 0.25) is 0 Å². The van der Waals surface area contributed by atoms with Crippen LogP contribution < -0.4 is 5.73 Å². The Hall–Kier alpha value is -0.330. The van der Waals surface area contributed by atoms with Crippen LogP contribution in [-0.2, 0) is 4.74 Å². The lowest BCUT2D eigenvalue weighted by molar-refractivity contribution is 0.0723. The van der Waals surface area contributed by atoms with Crippen LogP contribution in [-0.4, -0.2) is 49.7 Å². The zero-order valence-corrected chi connectivity index (χ0v) is 9.03. The summed E-state index contributed by atoms with van der Waals surface area (Å²) in [5.74, 6) is 0. The molecule has 0 aliphatic heterocycles. The van der Waals surface area contributed by atoms with Crippen LogP contribution in [0.5, 0.6) is 0 Å². The number of hydrogen-bond donors (Lipinski definition) is 1. The van der Waals surface area contributed by atoms with Crippen molar-refractivity contribution in [2.75, 3.05) is 33.4 Å². The second kappa shape index (κ2) is 8.02. The number of nitrogens with two attached hydrogens (primary N) is 1. The van der Waals surface area contributed by atoms with Gasteiger partial charge in [0.2, 0.25) is 0 Å². The van der Waals surface area contributed by atoms with Gasteiger partial charge >= 0.3 is 0 Å². The zero-order valence-electron chi connectivity index (χ0n) is 8.21. The molecular formula is C8H16F2N2OS. The first-order chi connectivity index (χ1) is 6.56. The topological polar surface area (TPSA) is 38.5 Å². The summed E-state index contributed by atoms with van der Waals surface area (Å²) in [5, 5.41) is 0. The molecule has 0 aromatic rings. The van der Waals surface area contributed by atoms with Crippen molar-refractivity contribution < 1.29 is 13.5 Å². The van der Waals surface area contributed by atoms with Crippen LogP contribution in [0.1, 0.15) is 6.42 Å². The van der Waals surface area contributed by atoms with E-state index in [0.29, 0.717) is 31.1 Å². The molecular weight excluding hydrogens is 210 g/mol. The fraction of sp³-hybridized carbons (Fsp3) is 0.875. The average molecular weight is 226 g/mol. The van der Waals surface area contributed by atoms with Crippen molar-refractivity contribution in [1.82, 2.24) is 4.90 Å². The average Bonchev–Trinajstić information content (AvgIpc) is 2.09. The van der Waals surface area contributed by atoms with E-state index in [1.165, 1.54) is 7.11 Å². The van der Waals surface area contributed by atoms with Gasteiger partial charge in [-0.3, -0.25) is 4.90 Å². The highest BCUT2D eigenvalue weighted by molar-refractivity contribution is 7.80. The molecule has 84 valence electrons. The lowest BCUT2D eigenvalue weighted by Gasteiger charge is -2.20. The molecule has 0 heterocycles. The minimum Gasteiger partial charge on any atom is -0.393 e. The predicted octanol–water partition coefficient (Wildman–Crippen LogP) is 0.876. The van der Waals surface area contributed by atoms with Gasteiger partial charge in [0.05, 0.1) is 18.1 Å². The lowest BCUT2D eigenvalue weighted by atomic mass is 10.3. The van der Waals surface area contributed by atoms with Gasteiger partial charge < -0.3 is 10.5 Å². The molecule has 0 saturated heterocycles. The molecule has 3 nitrogen and oxygen atoms in total. The third kappa shape index (κ3) is 8.28. The van der Waals surface area contributed by atoms with Gasteiger partial charge in [0, 0.05) is 26.6 Å². The van der Waals surface area contributed by atoms with Crippen LogP contribution in [0.15, 0.2) is 0 Å². The summed E-state index contributed by atoms with van der Waals surface area (Å²) in [6, 6.07) is 0. The molecule has 0 bridgehead atoms. The fourth-order valence-electron chi connectivity index (χ4n) is 0.978. The van der Waals surface area contributed by atoms with Crippen LogP contribution in [0.4, 0.5) is 8.78 Å². The molecule has 6 heteroatoms. The largest absolute Gasteiger partial charge is 0.393 e. The normalized spacial score (nSPS) is 11.2. The van der Waals surface area contributed by atoms with Crippen molar-refractivity contribution in [1.29, 1.82) is 0 Å². The highest BCUT2D eigenvalue weighted by Crippen LogP contribution is 1.99. The Morgan fingerprint density at radius 1 is 1.50 bits per heavy atom. The number of rotatable bonds is 8. The second-order valence-electron chi connectivity index (χ2n) is 2.90. The van der Waals surface area contributed by atoms with Crippen molar-refractivity contribution in [3.05, 3.63) is 0 Å². The Kier molecular flexibility index (Phi) is 7.83. The maximum atomic E-state index is 12.1. The summed E-state index contributed by atoms with van der Waals surface area (Å²) in [6.45, 7) is 1.11. The maximum absolute atomic E-state index is 12.1. The number of alkyl halides is 2. The molecule has 0 saturated carbocycles. The van der Waals surface area contributed by atoms with Gasteiger partial charge in [-0.1, -0.05) is 12.2 Å². The first-order valence-corrected chi connectivity index (χ1v) is 4.74. The standard InChI is InChI=1S/C8H16F2N2OS/c1-13-5-4-12(6-7(9)10)3-2-8(11)14/h7H,2-6H2,1H3,(H2,11,14). The Bertz CT molecular complexity index is 169. The van der Waals surface area contributed by atoms with Gasteiger partial charge in [-0.25, -0.2) is 8.78 Å². The zero-order chi connectivity index (χ0) is 11.0.